The molecule has 1 aromatic carbocycles. The molecule has 0 N–H and O–H groups in total. The zero-order chi connectivity index (χ0) is 30.0. The summed E-state index contributed by atoms with van der Waals surface area (Å²) in [6.07, 6.45) is 1.41. The second-order valence-electron chi connectivity index (χ2n) is 8.22. The van der Waals surface area contributed by atoms with E-state index in [2.05, 4.69) is 47.5 Å². The first-order chi connectivity index (χ1) is 18.2. The molecule has 0 unspecified atom stereocenters. The zero-order valence-corrected chi connectivity index (χ0v) is 22.3. The molecular formula is C23H28B4N2O10. The number of benzene rings is 1. The highest BCUT2D eigenvalue weighted by atomic mass is 16.6. The molecule has 1 aromatic rings. The van der Waals surface area contributed by atoms with Crippen molar-refractivity contribution in [2.45, 2.75) is 13.2 Å². The van der Waals surface area contributed by atoms with E-state index in [0.717, 1.165) is 13.1 Å². The number of rotatable bonds is 14. The fourth-order valence-corrected chi connectivity index (χ4v) is 2.66. The van der Waals surface area contributed by atoms with Gasteiger partial charge in [-0.1, -0.05) is 0 Å². The Bertz CT molecular complexity index is 952. The van der Waals surface area contributed by atoms with Crippen molar-refractivity contribution in [1.82, 2.24) is 9.80 Å². The van der Waals surface area contributed by atoms with Gasteiger partial charge < -0.3 is 33.5 Å². The topological polar surface area (TPSA) is 138 Å². The molecule has 0 saturated carbocycles. The molecule has 0 aromatic heterocycles. The fraction of sp³-hybridized carbons (Fsp3) is 0.435. The van der Waals surface area contributed by atoms with E-state index in [-0.39, 0.29) is 42.1 Å². The molecule has 0 saturated heterocycles. The van der Waals surface area contributed by atoms with Crippen LogP contribution in [0.5, 0.6) is 5.75 Å². The molecule has 0 atom stereocenters. The summed E-state index contributed by atoms with van der Waals surface area (Å²) in [4.78, 5) is 59.0. The van der Waals surface area contributed by atoms with Gasteiger partial charge in [-0.3, -0.25) is 24.0 Å². The highest BCUT2D eigenvalue weighted by Gasteiger charge is 2.15. The van der Waals surface area contributed by atoms with E-state index in [1.54, 1.807) is 0 Å². The van der Waals surface area contributed by atoms with Crippen LogP contribution in [0.1, 0.15) is 16.7 Å². The van der Waals surface area contributed by atoms with Crippen molar-refractivity contribution >= 4 is 67.4 Å². The molecule has 0 aliphatic carbocycles. The standard InChI is InChI=1S/C17H12B4O10.C6H16N2/c18-14(23)27-4-10(5-28-15(19)24)1-9-2-11(6-29-16(20)25)13(31-8-22)12(3-9)7-30-17(21)26;1-7(2)5-6-8(3)4/h1-3,8H,4-7H2;5-6H2,1-4H3. The van der Waals surface area contributed by atoms with Gasteiger partial charge in [-0.25, -0.2) is 0 Å². The Morgan fingerprint density at radius 1 is 0.718 bits per heavy atom. The quantitative estimate of drug-likeness (QED) is 0.190. The molecule has 0 amide bonds. The lowest BCUT2D eigenvalue weighted by atomic mass is 10.0. The van der Waals surface area contributed by atoms with E-state index in [4.69, 9.17) is 45.6 Å². The lowest BCUT2D eigenvalue weighted by Gasteiger charge is -2.15. The predicted molar refractivity (Wildman–Crippen MR) is 144 cm³/mol. The number of likely N-dealkylation sites (N-methyl/N-ethyl adjacent to an activating group) is 2. The van der Waals surface area contributed by atoms with E-state index < -0.39 is 36.7 Å². The number of carbonyl (C=O) groups is 5. The molecule has 8 radical (unpaired) electrons. The molecular weight excluding hydrogens is 508 g/mol. The minimum atomic E-state index is -1.10. The van der Waals surface area contributed by atoms with E-state index in [1.165, 1.54) is 18.2 Å². The maximum atomic E-state index is 11.0. The second kappa shape index (κ2) is 19.5. The zero-order valence-electron chi connectivity index (χ0n) is 22.3. The van der Waals surface area contributed by atoms with Gasteiger partial charge in [0.2, 0.25) is 54.9 Å². The van der Waals surface area contributed by atoms with Gasteiger partial charge in [-0.15, -0.1) is 0 Å². The van der Waals surface area contributed by atoms with E-state index >= 15 is 0 Å². The number of carbonyl (C=O) groups excluding carboxylic acids is 5. The molecule has 0 aliphatic rings. The van der Waals surface area contributed by atoms with Crippen LogP contribution in [0, 0.1) is 0 Å². The van der Waals surface area contributed by atoms with Gasteiger partial charge >= 0.3 is 0 Å². The second-order valence-corrected chi connectivity index (χ2v) is 8.22. The third-order valence-corrected chi connectivity index (χ3v) is 4.34. The van der Waals surface area contributed by atoms with Crippen molar-refractivity contribution in [1.29, 1.82) is 0 Å². The first-order valence-electron chi connectivity index (χ1n) is 11.2. The van der Waals surface area contributed by atoms with Crippen LogP contribution >= 0.6 is 0 Å². The van der Waals surface area contributed by atoms with Gasteiger partial charge in [0.15, 0.2) is 0 Å². The third-order valence-electron chi connectivity index (χ3n) is 4.34. The van der Waals surface area contributed by atoms with Crippen LogP contribution < -0.4 is 4.74 Å². The van der Waals surface area contributed by atoms with Crippen molar-refractivity contribution in [3.8, 4) is 5.75 Å². The Balaban J connectivity index is 0.00000156. The fourth-order valence-electron chi connectivity index (χ4n) is 2.66. The Morgan fingerprint density at radius 2 is 1.10 bits per heavy atom. The molecule has 1 rings (SSSR count). The first-order valence-corrected chi connectivity index (χ1v) is 11.2. The summed E-state index contributed by atoms with van der Waals surface area (Å²) in [5, 5.41) is 0. The molecule has 0 spiro atoms. The third kappa shape index (κ3) is 18.4. The molecule has 39 heavy (non-hydrogen) atoms. The first kappa shape index (κ1) is 35.5. The number of nitrogens with zero attached hydrogens (tertiary/aromatic N) is 2. The smallest absolute Gasteiger partial charge is 0.298 e. The van der Waals surface area contributed by atoms with Crippen LogP contribution in [-0.2, 0) is 37.0 Å². The normalized spacial score (nSPS) is 10.0. The average molecular weight is 536 g/mol. The summed E-state index contributed by atoms with van der Waals surface area (Å²) < 4.78 is 23.7. The highest BCUT2D eigenvalue weighted by molar-refractivity contribution is 6.55. The average Bonchev–Trinajstić information content (AvgIpc) is 2.83. The molecule has 0 heterocycles. The maximum absolute atomic E-state index is 11.0. The van der Waals surface area contributed by atoms with Crippen molar-refractivity contribution in [3.05, 3.63) is 34.4 Å². The number of hydrogen-bond donors (Lipinski definition) is 0. The molecule has 202 valence electrons. The van der Waals surface area contributed by atoms with Crippen molar-refractivity contribution in [2.75, 3.05) is 54.5 Å². The van der Waals surface area contributed by atoms with Crippen LogP contribution in [0.2, 0.25) is 0 Å². The molecule has 12 nitrogen and oxygen atoms in total. The molecule has 0 fully saturated rings. The molecule has 0 aliphatic heterocycles. The van der Waals surface area contributed by atoms with Gasteiger partial charge in [-0.05, 0) is 52.0 Å². The van der Waals surface area contributed by atoms with Crippen molar-refractivity contribution in [3.63, 3.8) is 0 Å². The van der Waals surface area contributed by atoms with E-state index in [1.807, 2.05) is 0 Å². The predicted octanol–water partition coefficient (Wildman–Crippen LogP) is 0.935. The highest BCUT2D eigenvalue weighted by Crippen LogP contribution is 2.29. The summed E-state index contributed by atoms with van der Waals surface area (Å²) in [6.45, 7) is 0.882. The summed E-state index contributed by atoms with van der Waals surface area (Å²) in [6, 6.07) is 2.84. The number of ether oxygens (including phenoxy) is 5. The summed E-state index contributed by atoms with van der Waals surface area (Å²) >= 11 is 0. The lowest BCUT2D eigenvalue weighted by molar-refractivity contribution is -0.120. The largest absolute Gasteiger partial charge is 0.470 e. The number of hydrogen-bond acceptors (Lipinski definition) is 12. The Labute approximate surface area is 232 Å². The van der Waals surface area contributed by atoms with Crippen molar-refractivity contribution < 1.29 is 47.7 Å². The minimum absolute atomic E-state index is 0.0713. The maximum Gasteiger partial charge on any atom is 0.298 e. The van der Waals surface area contributed by atoms with Gasteiger partial charge in [0.1, 0.15) is 32.2 Å². The van der Waals surface area contributed by atoms with Gasteiger partial charge in [0.25, 0.3) is 6.47 Å². The van der Waals surface area contributed by atoms with Crippen LogP contribution in [0.3, 0.4) is 0 Å². The lowest BCUT2D eigenvalue weighted by Crippen LogP contribution is -2.25. The van der Waals surface area contributed by atoms with E-state index in [9.17, 15) is 24.0 Å². The summed E-state index contributed by atoms with van der Waals surface area (Å²) in [7, 11) is 28.2. The molecule has 0 bridgehead atoms. The van der Waals surface area contributed by atoms with Crippen LogP contribution in [0.25, 0.3) is 6.08 Å². The summed E-state index contributed by atoms with van der Waals surface area (Å²) in [5.41, 5.74) is 0.910. The molecule has 16 heteroatoms. The van der Waals surface area contributed by atoms with Crippen LogP contribution in [-0.4, -0.2) is 126 Å². The SMILES string of the molecule is CN(C)CCN(C)C.[B]C(=O)OCC(=Cc1cc(COC([B])=O)c(OC=O)c(COC([B])=O)c1)COC([B])=O. The van der Waals surface area contributed by atoms with Gasteiger partial charge in [-0.2, -0.15) is 0 Å². The van der Waals surface area contributed by atoms with Crippen molar-refractivity contribution in [2.24, 2.45) is 0 Å². The Kier molecular flexibility index (Phi) is 17.8. The summed E-state index contributed by atoms with van der Waals surface area (Å²) in [5.74, 6) is -4.42. The monoisotopic (exact) mass is 536 g/mol. The van der Waals surface area contributed by atoms with Gasteiger partial charge in [0.05, 0.1) is 0 Å². The van der Waals surface area contributed by atoms with Crippen LogP contribution in [0.15, 0.2) is 17.7 Å². The van der Waals surface area contributed by atoms with Gasteiger partial charge in [0, 0.05) is 29.8 Å². The van der Waals surface area contributed by atoms with E-state index in [0.29, 0.717) is 5.56 Å². The minimum Gasteiger partial charge on any atom is -0.470 e. The van der Waals surface area contributed by atoms with Crippen LogP contribution in [0.4, 0.5) is 19.2 Å². The Hall–Kier alpha value is -3.51. The Morgan fingerprint density at radius 3 is 1.41 bits per heavy atom.